The summed E-state index contributed by atoms with van der Waals surface area (Å²) >= 11 is 0. The van der Waals surface area contributed by atoms with Crippen LogP contribution in [0.2, 0.25) is 0 Å². The molecule has 1 aliphatic carbocycles. The van der Waals surface area contributed by atoms with Gasteiger partial charge in [-0.1, -0.05) is 18.2 Å². The molecule has 1 aromatic rings. The maximum atomic E-state index is 13.0. The first-order chi connectivity index (χ1) is 9.38. The van der Waals surface area contributed by atoms with E-state index in [2.05, 4.69) is 5.32 Å². The zero-order valence-corrected chi connectivity index (χ0v) is 11.5. The molecule has 0 aromatic heterocycles. The Morgan fingerprint density at radius 1 is 1.15 bits per heavy atom. The summed E-state index contributed by atoms with van der Waals surface area (Å²) in [4.78, 5) is 0. The van der Waals surface area contributed by atoms with Crippen molar-refractivity contribution in [2.75, 3.05) is 0 Å². The lowest BCUT2D eigenvalue weighted by molar-refractivity contribution is -0.138. The summed E-state index contributed by atoms with van der Waals surface area (Å²) in [6, 6.07) is 5.52. The van der Waals surface area contributed by atoms with Gasteiger partial charge in [-0.2, -0.15) is 13.2 Å². The van der Waals surface area contributed by atoms with Crippen molar-refractivity contribution < 1.29 is 18.3 Å². The van der Waals surface area contributed by atoms with E-state index in [4.69, 9.17) is 0 Å². The van der Waals surface area contributed by atoms with E-state index < -0.39 is 11.7 Å². The number of aliphatic hydroxyl groups is 1. The van der Waals surface area contributed by atoms with Gasteiger partial charge in [-0.15, -0.1) is 0 Å². The van der Waals surface area contributed by atoms with Gasteiger partial charge in [0.15, 0.2) is 0 Å². The van der Waals surface area contributed by atoms with Crippen molar-refractivity contribution in [2.24, 2.45) is 0 Å². The molecule has 0 aliphatic heterocycles. The highest BCUT2D eigenvalue weighted by molar-refractivity contribution is 5.32. The Morgan fingerprint density at radius 3 is 2.35 bits per heavy atom. The molecule has 0 saturated heterocycles. The lowest BCUT2D eigenvalue weighted by atomic mass is 9.91. The second-order valence-corrected chi connectivity index (χ2v) is 5.48. The molecule has 112 valence electrons. The third-order valence-corrected chi connectivity index (χ3v) is 3.92. The number of rotatable bonds is 3. The highest BCUT2D eigenvalue weighted by Gasteiger charge is 2.34. The molecule has 1 atom stereocenters. The lowest BCUT2D eigenvalue weighted by Crippen LogP contribution is -2.36. The quantitative estimate of drug-likeness (QED) is 0.889. The molecule has 2 rings (SSSR count). The van der Waals surface area contributed by atoms with Crippen molar-refractivity contribution >= 4 is 0 Å². The molecule has 1 fully saturated rings. The van der Waals surface area contributed by atoms with E-state index in [-0.39, 0.29) is 23.8 Å². The van der Waals surface area contributed by atoms with Crippen LogP contribution in [0.25, 0.3) is 0 Å². The van der Waals surface area contributed by atoms with Crippen LogP contribution in [0.15, 0.2) is 24.3 Å². The van der Waals surface area contributed by atoms with E-state index in [1.807, 2.05) is 0 Å². The summed E-state index contributed by atoms with van der Waals surface area (Å²) < 4.78 is 38.9. The molecule has 0 spiro atoms. The molecule has 0 radical (unpaired) electrons. The Labute approximate surface area is 117 Å². The van der Waals surface area contributed by atoms with Crippen LogP contribution >= 0.6 is 0 Å². The van der Waals surface area contributed by atoms with Crippen molar-refractivity contribution in [3.8, 4) is 0 Å². The average molecular weight is 287 g/mol. The van der Waals surface area contributed by atoms with E-state index in [9.17, 15) is 18.3 Å². The van der Waals surface area contributed by atoms with Gasteiger partial charge in [0.05, 0.1) is 11.7 Å². The van der Waals surface area contributed by atoms with E-state index in [1.165, 1.54) is 12.1 Å². The maximum absolute atomic E-state index is 13.0. The van der Waals surface area contributed by atoms with Gasteiger partial charge in [0.25, 0.3) is 0 Å². The Hall–Kier alpha value is -1.07. The number of aliphatic hydroxyl groups excluding tert-OH is 1. The molecule has 1 aromatic carbocycles. The zero-order valence-electron chi connectivity index (χ0n) is 11.5. The standard InChI is InChI=1S/C15H20F3NO/c1-10(19-11-6-8-12(20)9-7-11)13-4-2-3-5-14(13)15(16,17)18/h2-5,10-12,19-20H,6-9H2,1H3. The summed E-state index contributed by atoms with van der Waals surface area (Å²) in [5, 5.41) is 12.7. The normalized spacial score (nSPS) is 25.4. The Morgan fingerprint density at radius 2 is 1.75 bits per heavy atom. The molecule has 5 heteroatoms. The molecule has 20 heavy (non-hydrogen) atoms. The number of hydrogen-bond donors (Lipinski definition) is 2. The summed E-state index contributed by atoms with van der Waals surface area (Å²) in [6.07, 6.45) is -1.54. The van der Waals surface area contributed by atoms with Gasteiger partial charge in [-0.25, -0.2) is 0 Å². The van der Waals surface area contributed by atoms with E-state index in [0.717, 1.165) is 18.9 Å². The molecule has 0 bridgehead atoms. The third-order valence-electron chi connectivity index (χ3n) is 3.92. The van der Waals surface area contributed by atoms with Crippen LogP contribution in [0.3, 0.4) is 0 Å². The Kier molecular flexibility index (Phi) is 4.70. The Balaban J connectivity index is 2.08. The van der Waals surface area contributed by atoms with Gasteiger partial charge in [-0.3, -0.25) is 0 Å². The maximum Gasteiger partial charge on any atom is 0.416 e. The van der Waals surface area contributed by atoms with E-state index in [0.29, 0.717) is 12.8 Å². The molecule has 1 aliphatic rings. The van der Waals surface area contributed by atoms with Gasteiger partial charge >= 0.3 is 6.18 Å². The van der Waals surface area contributed by atoms with Crippen molar-refractivity contribution in [3.63, 3.8) is 0 Å². The topological polar surface area (TPSA) is 32.3 Å². The van der Waals surface area contributed by atoms with Gasteiger partial charge in [0, 0.05) is 12.1 Å². The largest absolute Gasteiger partial charge is 0.416 e. The number of hydrogen-bond acceptors (Lipinski definition) is 2. The SMILES string of the molecule is CC(NC1CCC(O)CC1)c1ccccc1C(F)(F)F. The van der Waals surface area contributed by atoms with Crippen molar-refractivity contribution in [2.45, 2.75) is 57.0 Å². The lowest BCUT2D eigenvalue weighted by Gasteiger charge is -2.30. The first-order valence-electron chi connectivity index (χ1n) is 6.98. The average Bonchev–Trinajstić information content (AvgIpc) is 2.40. The number of halogens is 3. The first-order valence-corrected chi connectivity index (χ1v) is 6.98. The molecule has 1 unspecified atom stereocenters. The van der Waals surface area contributed by atoms with Gasteiger partial charge in [-0.05, 0) is 44.2 Å². The first kappa shape index (κ1) is 15.3. The molecular formula is C15H20F3NO. The summed E-state index contributed by atoms with van der Waals surface area (Å²) in [5.74, 6) is 0. The van der Waals surface area contributed by atoms with Crippen LogP contribution in [0.1, 0.15) is 49.8 Å². The molecule has 0 heterocycles. The van der Waals surface area contributed by atoms with Gasteiger partial charge < -0.3 is 10.4 Å². The predicted octanol–water partition coefficient (Wildman–Crippen LogP) is 3.66. The summed E-state index contributed by atoms with van der Waals surface area (Å²) in [7, 11) is 0. The van der Waals surface area contributed by atoms with Crippen molar-refractivity contribution in [3.05, 3.63) is 35.4 Å². The predicted molar refractivity (Wildman–Crippen MR) is 71.3 cm³/mol. The third kappa shape index (κ3) is 3.73. The van der Waals surface area contributed by atoms with Crippen LogP contribution in [-0.4, -0.2) is 17.3 Å². The second kappa shape index (κ2) is 6.14. The molecule has 0 amide bonds. The fraction of sp³-hybridized carbons (Fsp3) is 0.600. The molecule has 2 N–H and O–H groups in total. The fourth-order valence-electron chi connectivity index (χ4n) is 2.82. The second-order valence-electron chi connectivity index (χ2n) is 5.48. The van der Waals surface area contributed by atoms with Crippen molar-refractivity contribution in [1.29, 1.82) is 0 Å². The number of nitrogens with one attached hydrogen (secondary N) is 1. The van der Waals surface area contributed by atoms with E-state index in [1.54, 1.807) is 13.0 Å². The van der Waals surface area contributed by atoms with Crippen LogP contribution in [0.5, 0.6) is 0 Å². The smallest absolute Gasteiger partial charge is 0.393 e. The van der Waals surface area contributed by atoms with E-state index >= 15 is 0 Å². The van der Waals surface area contributed by atoms with Crippen LogP contribution in [0, 0.1) is 0 Å². The number of alkyl halides is 3. The van der Waals surface area contributed by atoms with Gasteiger partial charge in [0.2, 0.25) is 0 Å². The molecular weight excluding hydrogens is 267 g/mol. The van der Waals surface area contributed by atoms with Crippen molar-refractivity contribution in [1.82, 2.24) is 5.32 Å². The fourth-order valence-corrected chi connectivity index (χ4v) is 2.82. The highest BCUT2D eigenvalue weighted by atomic mass is 19.4. The zero-order chi connectivity index (χ0) is 14.8. The van der Waals surface area contributed by atoms with Crippen LogP contribution < -0.4 is 5.32 Å². The van der Waals surface area contributed by atoms with Crippen LogP contribution in [-0.2, 0) is 6.18 Å². The summed E-state index contributed by atoms with van der Waals surface area (Å²) in [6.45, 7) is 1.76. The van der Waals surface area contributed by atoms with Crippen LogP contribution in [0.4, 0.5) is 13.2 Å². The highest BCUT2D eigenvalue weighted by Crippen LogP contribution is 2.35. The number of benzene rings is 1. The van der Waals surface area contributed by atoms with Gasteiger partial charge in [0.1, 0.15) is 0 Å². The minimum Gasteiger partial charge on any atom is -0.393 e. The molecule has 1 saturated carbocycles. The minimum absolute atomic E-state index is 0.176. The Bertz CT molecular complexity index is 439. The monoisotopic (exact) mass is 287 g/mol. The minimum atomic E-state index is -4.32. The summed E-state index contributed by atoms with van der Waals surface area (Å²) in [5.41, 5.74) is -0.290. The molecule has 2 nitrogen and oxygen atoms in total.